The van der Waals surface area contributed by atoms with Crippen LogP contribution < -0.4 is 20.7 Å². The van der Waals surface area contributed by atoms with E-state index in [0.29, 0.717) is 35.5 Å². The standard InChI is InChI=1S/C30H34F4N6O/c1-17-13-21-26(24(31)23(17)20-5-2-6-22(25(20)35)30(32,33)34)37-28(41-16-29-9-3-11-40(29)12-4-10-29)38-27(21)39-14-18-7-8-19(15-39)36-18/h2,5-6,13,18-19,36H,3-4,7-12,14-16,35H2,1H3. The van der Waals surface area contributed by atoms with Crippen molar-refractivity contribution in [1.82, 2.24) is 20.2 Å². The third-order valence-corrected chi connectivity index (χ3v) is 9.57. The third-order valence-electron chi connectivity index (χ3n) is 9.57. The Bertz CT molecular complexity index is 1490. The van der Waals surface area contributed by atoms with Crippen molar-refractivity contribution in [2.75, 3.05) is 43.4 Å². The number of aryl methyl sites for hydroxylation is 1. The number of ether oxygens (including phenoxy) is 1. The molecule has 218 valence electrons. The summed E-state index contributed by atoms with van der Waals surface area (Å²) >= 11 is 0. The molecule has 3 N–H and O–H groups in total. The number of hydrogen-bond acceptors (Lipinski definition) is 7. The molecule has 4 saturated heterocycles. The number of para-hydroxylation sites is 1. The minimum Gasteiger partial charge on any atom is -0.461 e. The summed E-state index contributed by atoms with van der Waals surface area (Å²) in [6, 6.07) is 6.09. The predicted octanol–water partition coefficient (Wildman–Crippen LogP) is 5.29. The number of aromatic nitrogens is 2. The monoisotopic (exact) mass is 570 g/mol. The molecule has 7 rings (SSSR count). The van der Waals surface area contributed by atoms with E-state index < -0.39 is 23.2 Å². The first-order chi connectivity index (χ1) is 19.6. The van der Waals surface area contributed by atoms with Crippen molar-refractivity contribution in [2.45, 2.75) is 69.2 Å². The van der Waals surface area contributed by atoms with Gasteiger partial charge in [0.05, 0.1) is 16.8 Å². The zero-order chi connectivity index (χ0) is 28.5. The highest BCUT2D eigenvalue weighted by Crippen LogP contribution is 2.43. The van der Waals surface area contributed by atoms with Gasteiger partial charge in [-0.2, -0.15) is 23.1 Å². The topological polar surface area (TPSA) is 79.5 Å². The largest absolute Gasteiger partial charge is 0.461 e. The van der Waals surface area contributed by atoms with E-state index in [4.69, 9.17) is 15.5 Å². The van der Waals surface area contributed by atoms with Crippen LogP contribution in [0, 0.1) is 12.7 Å². The van der Waals surface area contributed by atoms with Gasteiger partial charge in [0.25, 0.3) is 0 Å². The van der Waals surface area contributed by atoms with Crippen molar-refractivity contribution in [3.8, 4) is 17.1 Å². The number of rotatable bonds is 5. The highest BCUT2D eigenvalue weighted by atomic mass is 19.4. The second-order valence-corrected chi connectivity index (χ2v) is 12.1. The molecule has 5 heterocycles. The van der Waals surface area contributed by atoms with Crippen LogP contribution in [-0.4, -0.2) is 65.3 Å². The summed E-state index contributed by atoms with van der Waals surface area (Å²) in [7, 11) is 0. The van der Waals surface area contributed by atoms with Crippen molar-refractivity contribution in [3.05, 3.63) is 41.2 Å². The van der Waals surface area contributed by atoms with Crippen LogP contribution in [0.2, 0.25) is 0 Å². The number of piperazine rings is 1. The lowest BCUT2D eigenvalue weighted by Crippen LogP contribution is -2.51. The lowest BCUT2D eigenvalue weighted by molar-refractivity contribution is -0.136. The summed E-state index contributed by atoms with van der Waals surface area (Å²) in [4.78, 5) is 14.0. The Balaban J connectivity index is 1.35. The van der Waals surface area contributed by atoms with Crippen LogP contribution in [0.4, 0.5) is 29.1 Å². The number of nitrogens with two attached hydrogens (primary N) is 1. The van der Waals surface area contributed by atoms with E-state index in [1.54, 1.807) is 13.0 Å². The number of hydrogen-bond donors (Lipinski definition) is 2. The highest BCUT2D eigenvalue weighted by molar-refractivity contribution is 5.96. The molecule has 0 radical (unpaired) electrons. The maximum atomic E-state index is 16.5. The van der Waals surface area contributed by atoms with Crippen LogP contribution in [0.3, 0.4) is 0 Å². The molecule has 1 aromatic heterocycles. The summed E-state index contributed by atoms with van der Waals surface area (Å²) in [5.41, 5.74) is 4.95. The van der Waals surface area contributed by atoms with Crippen LogP contribution in [0.25, 0.3) is 22.0 Å². The number of nitrogens with zero attached hydrogens (tertiary/aromatic N) is 4. The summed E-state index contributed by atoms with van der Waals surface area (Å²) in [6.45, 7) is 5.65. The number of fused-ring (bicyclic) bond motifs is 4. The normalized spacial score (nSPS) is 23.9. The molecule has 2 unspecified atom stereocenters. The molecule has 2 aromatic carbocycles. The Kier molecular flexibility index (Phi) is 6.31. The molecule has 7 nitrogen and oxygen atoms in total. The van der Waals surface area contributed by atoms with Crippen LogP contribution in [-0.2, 0) is 6.18 Å². The quantitative estimate of drug-likeness (QED) is 0.319. The van der Waals surface area contributed by atoms with Crippen LogP contribution in [0.1, 0.15) is 49.7 Å². The van der Waals surface area contributed by atoms with Crippen molar-refractivity contribution in [3.63, 3.8) is 0 Å². The predicted molar refractivity (Wildman–Crippen MR) is 150 cm³/mol. The number of anilines is 2. The van der Waals surface area contributed by atoms with E-state index in [-0.39, 0.29) is 28.2 Å². The molecule has 4 fully saturated rings. The van der Waals surface area contributed by atoms with Crippen molar-refractivity contribution in [2.24, 2.45) is 0 Å². The lowest BCUT2D eigenvalue weighted by Gasteiger charge is -2.35. The van der Waals surface area contributed by atoms with E-state index in [9.17, 15) is 13.2 Å². The Labute approximate surface area is 236 Å². The molecular weight excluding hydrogens is 536 g/mol. The van der Waals surface area contributed by atoms with E-state index in [0.717, 1.165) is 70.8 Å². The molecule has 0 aliphatic carbocycles. The fraction of sp³-hybridized carbons (Fsp3) is 0.533. The minimum absolute atomic E-state index is 0.00781. The van der Waals surface area contributed by atoms with Crippen LogP contribution >= 0.6 is 0 Å². The van der Waals surface area contributed by atoms with E-state index >= 15 is 4.39 Å². The zero-order valence-corrected chi connectivity index (χ0v) is 23.0. The summed E-state index contributed by atoms with van der Waals surface area (Å²) in [5, 5.41) is 4.13. The Morgan fingerprint density at radius 3 is 2.49 bits per heavy atom. The first kappa shape index (κ1) is 26.7. The second-order valence-electron chi connectivity index (χ2n) is 12.1. The number of benzene rings is 2. The second kappa shape index (κ2) is 9.69. The Hall–Kier alpha value is -3.18. The van der Waals surface area contributed by atoms with E-state index in [2.05, 4.69) is 20.1 Å². The third kappa shape index (κ3) is 4.48. The van der Waals surface area contributed by atoms with Gasteiger partial charge in [-0.05, 0) is 76.2 Å². The van der Waals surface area contributed by atoms with Gasteiger partial charge in [0.15, 0.2) is 5.82 Å². The Morgan fingerprint density at radius 2 is 1.80 bits per heavy atom. The van der Waals surface area contributed by atoms with Gasteiger partial charge in [-0.1, -0.05) is 12.1 Å². The highest BCUT2D eigenvalue weighted by Gasteiger charge is 2.45. The Morgan fingerprint density at radius 1 is 1.10 bits per heavy atom. The fourth-order valence-corrected chi connectivity index (χ4v) is 7.61. The molecule has 2 bridgehead atoms. The average Bonchev–Trinajstić information content (AvgIpc) is 3.61. The molecule has 41 heavy (non-hydrogen) atoms. The van der Waals surface area contributed by atoms with Gasteiger partial charge in [0, 0.05) is 41.7 Å². The van der Waals surface area contributed by atoms with Gasteiger partial charge >= 0.3 is 12.2 Å². The van der Waals surface area contributed by atoms with E-state index in [1.807, 2.05) is 0 Å². The van der Waals surface area contributed by atoms with Crippen LogP contribution in [0.15, 0.2) is 24.3 Å². The van der Waals surface area contributed by atoms with Gasteiger partial charge in [0.2, 0.25) is 0 Å². The van der Waals surface area contributed by atoms with Gasteiger partial charge in [-0.3, -0.25) is 4.90 Å². The molecule has 3 aromatic rings. The maximum Gasteiger partial charge on any atom is 0.418 e. The first-order valence-corrected chi connectivity index (χ1v) is 14.5. The summed E-state index contributed by atoms with van der Waals surface area (Å²) in [5.74, 6) is -0.125. The number of alkyl halides is 3. The first-order valence-electron chi connectivity index (χ1n) is 14.5. The van der Waals surface area contributed by atoms with Gasteiger partial charge in [-0.25, -0.2) is 4.39 Å². The molecule has 4 aliphatic heterocycles. The van der Waals surface area contributed by atoms with Crippen molar-refractivity contribution < 1.29 is 22.3 Å². The SMILES string of the molecule is Cc1cc2c(N3CC4CCC(C3)N4)nc(OCC34CCCN3CCC4)nc2c(F)c1-c1cccc(C(F)(F)F)c1N. The van der Waals surface area contributed by atoms with Gasteiger partial charge in [-0.15, -0.1) is 0 Å². The molecule has 2 atom stereocenters. The molecule has 11 heteroatoms. The molecule has 0 saturated carbocycles. The van der Waals surface area contributed by atoms with Gasteiger partial charge < -0.3 is 20.7 Å². The lowest BCUT2D eigenvalue weighted by atomic mass is 9.94. The van der Waals surface area contributed by atoms with E-state index in [1.165, 1.54) is 12.1 Å². The van der Waals surface area contributed by atoms with Crippen molar-refractivity contribution >= 4 is 22.4 Å². The number of nitrogen functional groups attached to an aromatic ring is 1. The summed E-state index contributed by atoms with van der Waals surface area (Å²) < 4.78 is 63.8. The smallest absolute Gasteiger partial charge is 0.418 e. The summed E-state index contributed by atoms with van der Waals surface area (Å²) in [6.07, 6.45) is 1.80. The maximum absolute atomic E-state index is 16.5. The van der Waals surface area contributed by atoms with Crippen molar-refractivity contribution in [1.29, 1.82) is 0 Å². The molecule has 0 spiro atoms. The van der Waals surface area contributed by atoms with Crippen LogP contribution in [0.5, 0.6) is 6.01 Å². The van der Waals surface area contributed by atoms with Gasteiger partial charge in [0.1, 0.15) is 17.9 Å². The average molecular weight is 571 g/mol. The number of halogens is 4. The fourth-order valence-electron chi connectivity index (χ4n) is 7.61. The number of nitrogens with one attached hydrogen (secondary N) is 1. The zero-order valence-electron chi connectivity index (χ0n) is 23.0. The molecule has 0 amide bonds. The minimum atomic E-state index is -4.66. The molecular formula is C30H34F4N6O. The molecule has 4 aliphatic rings.